The van der Waals surface area contributed by atoms with Gasteiger partial charge in [-0.05, 0) is 54.2 Å². The van der Waals surface area contributed by atoms with Gasteiger partial charge < -0.3 is 29.4 Å². The number of carbonyl (C=O) groups excluding carboxylic acids is 1. The molecule has 0 radical (unpaired) electrons. The van der Waals surface area contributed by atoms with E-state index in [-0.39, 0.29) is 23.6 Å². The largest absolute Gasteiger partial charge is 0.494 e. The number of aryl methyl sites for hydroxylation is 1. The van der Waals surface area contributed by atoms with Gasteiger partial charge in [-0.15, -0.1) is 0 Å². The number of anilines is 1. The molecule has 1 saturated heterocycles. The molecule has 11 nitrogen and oxygen atoms in total. The number of nitrogens with one attached hydrogen (secondary N) is 2. The number of methoxy groups -OCH3 is 3. The summed E-state index contributed by atoms with van der Waals surface area (Å²) in [5.74, 6) is 3.29. The van der Waals surface area contributed by atoms with Crippen LogP contribution in [0, 0.1) is 5.82 Å². The number of rotatable bonds is 14. The minimum atomic E-state index is -0.403. The predicted molar refractivity (Wildman–Crippen MR) is 179 cm³/mol. The van der Waals surface area contributed by atoms with Crippen molar-refractivity contribution in [3.63, 3.8) is 0 Å². The Morgan fingerprint density at radius 3 is 2.47 bits per heavy atom. The molecule has 2 N–H and O–H groups in total. The summed E-state index contributed by atoms with van der Waals surface area (Å²) >= 11 is 0. The van der Waals surface area contributed by atoms with E-state index in [4.69, 9.17) is 24.2 Å². The molecule has 2 aromatic heterocycles. The molecule has 12 heteroatoms. The molecule has 4 aromatic rings. The molecule has 0 spiro atoms. The fourth-order valence-corrected chi connectivity index (χ4v) is 5.79. The van der Waals surface area contributed by atoms with Crippen molar-refractivity contribution in [2.75, 3.05) is 52.4 Å². The van der Waals surface area contributed by atoms with Crippen molar-refractivity contribution in [1.29, 1.82) is 0 Å². The smallest absolute Gasteiger partial charge is 0.221 e. The lowest BCUT2D eigenvalue weighted by atomic mass is 10.0. The Hall–Kier alpha value is -4.71. The molecule has 1 fully saturated rings. The normalized spacial score (nSPS) is 15.1. The number of ether oxygens (including phenoxy) is 3. The second kappa shape index (κ2) is 15.7. The van der Waals surface area contributed by atoms with Gasteiger partial charge >= 0.3 is 0 Å². The molecule has 47 heavy (non-hydrogen) atoms. The zero-order valence-electron chi connectivity index (χ0n) is 27.8. The van der Waals surface area contributed by atoms with E-state index in [0.717, 1.165) is 35.5 Å². The van der Waals surface area contributed by atoms with Gasteiger partial charge in [-0.1, -0.05) is 26.0 Å². The fraction of sp³-hybridized carbons (Fsp3) is 0.429. The number of H-pyrrole nitrogens is 1. The van der Waals surface area contributed by atoms with E-state index < -0.39 is 5.82 Å². The summed E-state index contributed by atoms with van der Waals surface area (Å²) < 4.78 is 30.4. The van der Waals surface area contributed by atoms with Crippen molar-refractivity contribution in [1.82, 2.24) is 30.2 Å². The van der Waals surface area contributed by atoms with Gasteiger partial charge in [0.2, 0.25) is 5.91 Å². The Morgan fingerprint density at radius 2 is 1.77 bits per heavy atom. The lowest BCUT2D eigenvalue weighted by Crippen LogP contribution is -2.54. The molecule has 250 valence electrons. The van der Waals surface area contributed by atoms with Crippen LogP contribution in [0.5, 0.6) is 17.2 Å². The van der Waals surface area contributed by atoms with Crippen LogP contribution in [0.1, 0.15) is 49.4 Å². The zero-order chi connectivity index (χ0) is 33.3. The van der Waals surface area contributed by atoms with E-state index in [0.29, 0.717) is 62.3 Å². The van der Waals surface area contributed by atoms with Gasteiger partial charge in [-0.3, -0.25) is 9.69 Å². The van der Waals surface area contributed by atoms with Crippen molar-refractivity contribution < 1.29 is 23.4 Å². The van der Waals surface area contributed by atoms with Gasteiger partial charge in [0.25, 0.3) is 0 Å². The van der Waals surface area contributed by atoms with Crippen LogP contribution in [0.25, 0.3) is 11.6 Å². The van der Waals surface area contributed by atoms with Crippen molar-refractivity contribution >= 4 is 11.7 Å². The fourth-order valence-electron chi connectivity index (χ4n) is 5.79. The molecule has 0 saturated carbocycles. The SMILES string of the molecule is COc1ccc(CN2CCN(c3cc(C(C)C)nc(-c4ncc[nH]4)n3)CC2CC(=O)NCCCc2ccc(OC)c(OC)c2)cc1F. The summed E-state index contributed by atoms with van der Waals surface area (Å²) in [6.45, 7) is 7.18. The third kappa shape index (κ3) is 8.56. The Kier molecular flexibility index (Phi) is 11.3. The monoisotopic (exact) mass is 645 g/mol. The molecular formula is C35H44FN7O4. The van der Waals surface area contributed by atoms with Gasteiger partial charge in [0, 0.05) is 69.3 Å². The number of aromatic nitrogens is 4. The highest BCUT2D eigenvalue weighted by Crippen LogP contribution is 2.29. The average Bonchev–Trinajstić information content (AvgIpc) is 3.63. The quantitative estimate of drug-likeness (QED) is 0.183. The van der Waals surface area contributed by atoms with Crippen molar-refractivity contribution in [3.05, 3.63) is 77.5 Å². The summed E-state index contributed by atoms with van der Waals surface area (Å²) in [5, 5.41) is 3.11. The Balaban J connectivity index is 1.29. The number of benzene rings is 2. The number of amides is 1. The number of hydrogen-bond donors (Lipinski definition) is 2. The Bertz CT molecular complexity index is 1630. The highest BCUT2D eigenvalue weighted by molar-refractivity contribution is 5.76. The maximum Gasteiger partial charge on any atom is 0.221 e. The molecule has 5 rings (SSSR count). The van der Waals surface area contributed by atoms with Gasteiger partial charge in [0.1, 0.15) is 5.82 Å². The third-order valence-electron chi connectivity index (χ3n) is 8.40. The van der Waals surface area contributed by atoms with E-state index in [2.05, 4.69) is 38.9 Å². The molecule has 1 aliphatic rings. The number of carbonyl (C=O) groups is 1. The first-order chi connectivity index (χ1) is 22.8. The van der Waals surface area contributed by atoms with Crippen LogP contribution < -0.4 is 24.4 Å². The maximum absolute atomic E-state index is 14.6. The van der Waals surface area contributed by atoms with E-state index in [1.54, 1.807) is 32.7 Å². The number of aromatic amines is 1. The predicted octanol–water partition coefficient (Wildman–Crippen LogP) is 4.98. The second-order valence-corrected chi connectivity index (χ2v) is 12.0. The van der Waals surface area contributed by atoms with E-state index >= 15 is 0 Å². The Labute approximate surface area is 275 Å². The summed E-state index contributed by atoms with van der Waals surface area (Å²) in [6, 6.07) is 12.8. The molecule has 1 amide bonds. The lowest BCUT2D eigenvalue weighted by Gasteiger charge is -2.42. The van der Waals surface area contributed by atoms with Crippen LogP contribution in [0.3, 0.4) is 0 Å². The van der Waals surface area contributed by atoms with Crippen LogP contribution >= 0.6 is 0 Å². The van der Waals surface area contributed by atoms with E-state index in [1.165, 1.54) is 13.2 Å². The molecule has 2 aromatic carbocycles. The second-order valence-electron chi connectivity index (χ2n) is 12.0. The maximum atomic E-state index is 14.6. The molecule has 0 bridgehead atoms. The number of nitrogens with zero attached hydrogens (tertiary/aromatic N) is 5. The summed E-state index contributed by atoms with van der Waals surface area (Å²) in [5.41, 5.74) is 2.85. The molecule has 3 heterocycles. The molecule has 1 aliphatic heterocycles. The van der Waals surface area contributed by atoms with Crippen LogP contribution in [0.15, 0.2) is 54.9 Å². The van der Waals surface area contributed by atoms with Gasteiger partial charge in [0.05, 0.1) is 21.3 Å². The van der Waals surface area contributed by atoms with Crippen molar-refractivity contribution in [2.24, 2.45) is 0 Å². The van der Waals surface area contributed by atoms with Crippen molar-refractivity contribution in [2.45, 2.75) is 51.6 Å². The summed E-state index contributed by atoms with van der Waals surface area (Å²) in [4.78, 5) is 34.9. The van der Waals surface area contributed by atoms with E-state index in [9.17, 15) is 9.18 Å². The molecular weight excluding hydrogens is 601 g/mol. The van der Waals surface area contributed by atoms with Gasteiger partial charge in [-0.25, -0.2) is 19.3 Å². The zero-order valence-corrected chi connectivity index (χ0v) is 27.8. The van der Waals surface area contributed by atoms with Gasteiger partial charge in [0.15, 0.2) is 34.7 Å². The van der Waals surface area contributed by atoms with Crippen LogP contribution in [0.2, 0.25) is 0 Å². The number of piperazine rings is 1. The van der Waals surface area contributed by atoms with E-state index in [1.807, 2.05) is 30.3 Å². The summed E-state index contributed by atoms with van der Waals surface area (Å²) in [6.07, 6.45) is 5.30. The third-order valence-corrected chi connectivity index (χ3v) is 8.40. The van der Waals surface area contributed by atoms with Gasteiger partial charge in [-0.2, -0.15) is 0 Å². The first kappa shape index (κ1) is 33.6. The number of halogens is 1. The highest BCUT2D eigenvalue weighted by atomic mass is 19.1. The minimum Gasteiger partial charge on any atom is -0.494 e. The topological polar surface area (TPSA) is 118 Å². The lowest BCUT2D eigenvalue weighted by molar-refractivity contribution is -0.122. The van der Waals surface area contributed by atoms with Crippen LogP contribution in [-0.2, 0) is 17.8 Å². The standard InChI is InChI=1S/C35H44FN7O4/c1-23(2)28-20-32(41-35(40-28)34-38-13-14-39-34)43-16-15-42(21-25-9-10-29(45-3)27(36)17-25)26(22-43)19-33(44)37-12-6-7-24-8-11-30(46-4)31(18-24)47-5/h8-11,13-14,17-18,20,23,26H,6-7,12,15-16,19,21-22H2,1-5H3,(H,37,44)(H,38,39). The number of imidazole rings is 1. The Morgan fingerprint density at radius 1 is 1.00 bits per heavy atom. The first-order valence-electron chi connectivity index (χ1n) is 16.0. The summed E-state index contributed by atoms with van der Waals surface area (Å²) in [7, 11) is 4.69. The minimum absolute atomic E-state index is 0.0306. The molecule has 1 atom stereocenters. The van der Waals surface area contributed by atoms with Crippen LogP contribution in [0.4, 0.5) is 10.2 Å². The first-order valence-corrected chi connectivity index (χ1v) is 16.0. The highest BCUT2D eigenvalue weighted by Gasteiger charge is 2.30. The molecule has 1 unspecified atom stereocenters. The van der Waals surface area contributed by atoms with Crippen molar-refractivity contribution in [3.8, 4) is 28.9 Å². The average molecular weight is 646 g/mol. The van der Waals surface area contributed by atoms with Crippen LogP contribution in [-0.4, -0.2) is 84.3 Å². The molecule has 0 aliphatic carbocycles. The number of hydrogen-bond acceptors (Lipinski definition) is 9.